The summed E-state index contributed by atoms with van der Waals surface area (Å²) < 4.78 is 0. The molecular weight excluding hydrogens is 302 g/mol. The van der Waals surface area contributed by atoms with Crippen LogP contribution in [0.5, 0.6) is 0 Å². The Morgan fingerprint density at radius 1 is 1.17 bits per heavy atom. The number of anilines is 1. The third-order valence-corrected chi connectivity index (χ3v) is 4.11. The molecule has 0 N–H and O–H groups in total. The van der Waals surface area contributed by atoms with Gasteiger partial charge in [-0.1, -0.05) is 0 Å². The van der Waals surface area contributed by atoms with Crippen molar-refractivity contribution in [1.82, 2.24) is 14.9 Å². The first-order valence-corrected chi connectivity index (χ1v) is 7.99. The van der Waals surface area contributed by atoms with E-state index in [9.17, 15) is 4.79 Å². The van der Waals surface area contributed by atoms with Crippen molar-refractivity contribution in [1.29, 1.82) is 5.26 Å². The van der Waals surface area contributed by atoms with Crippen molar-refractivity contribution in [2.75, 3.05) is 31.1 Å². The van der Waals surface area contributed by atoms with Crippen molar-refractivity contribution in [3.05, 3.63) is 53.5 Å². The second-order valence-electron chi connectivity index (χ2n) is 5.90. The van der Waals surface area contributed by atoms with Crippen molar-refractivity contribution in [3.8, 4) is 6.07 Å². The molecule has 1 aliphatic heterocycles. The molecule has 1 amide bonds. The summed E-state index contributed by atoms with van der Waals surface area (Å²) in [4.78, 5) is 25.1. The van der Waals surface area contributed by atoms with E-state index in [1.54, 1.807) is 24.7 Å². The van der Waals surface area contributed by atoms with Gasteiger partial charge >= 0.3 is 0 Å². The first-order valence-electron chi connectivity index (χ1n) is 7.99. The largest absolute Gasteiger partial charge is 0.355 e. The van der Waals surface area contributed by atoms with Crippen LogP contribution in [0.15, 0.2) is 36.8 Å². The quantitative estimate of drug-likeness (QED) is 0.846. The van der Waals surface area contributed by atoms with Crippen molar-refractivity contribution < 1.29 is 4.79 Å². The standard InChI is InChI=1S/C18H19N5O/c1-14-9-16(13-20-11-14)18(24)23-6-2-5-22(7-8-23)17-4-3-15(10-19)12-21-17/h3-4,9,11-13H,2,5-8H2,1H3. The number of amides is 1. The highest BCUT2D eigenvalue weighted by Gasteiger charge is 2.21. The highest BCUT2D eigenvalue weighted by atomic mass is 16.2. The lowest BCUT2D eigenvalue weighted by Gasteiger charge is -2.23. The predicted molar refractivity (Wildman–Crippen MR) is 90.7 cm³/mol. The zero-order chi connectivity index (χ0) is 16.9. The zero-order valence-electron chi connectivity index (χ0n) is 13.6. The second-order valence-corrected chi connectivity index (χ2v) is 5.90. The number of carbonyl (C=O) groups excluding carboxylic acids is 1. The molecule has 0 bridgehead atoms. The average Bonchev–Trinajstić information content (AvgIpc) is 2.87. The summed E-state index contributed by atoms with van der Waals surface area (Å²) in [5, 5.41) is 8.85. The van der Waals surface area contributed by atoms with Gasteiger partial charge in [0.25, 0.3) is 5.91 Å². The number of aryl methyl sites for hydroxylation is 1. The molecule has 24 heavy (non-hydrogen) atoms. The number of rotatable bonds is 2. The Balaban J connectivity index is 1.68. The van der Waals surface area contributed by atoms with Gasteiger partial charge in [0.15, 0.2) is 0 Å². The fraction of sp³-hybridized carbons (Fsp3) is 0.333. The Labute approximate surface area is 141 Å². The molecule has 2 aromatic rings. The van der Waals surface area contributed by atoms with E-state index in [0.29, 0.717) is 17.7 Å². The van der Waals surface area contributed by atoms with Crippen LogP contribution in [0, 0.1) is 18.3 Å². The van der Waals surface area contributed by atoms with Gasteiger partial charge in [-0.05, 0) is 37.1 Å². The van der Waals surface area contributed by atoms with Gasteiger partial charge in [0.1, 0.15) is 11.9 Å². The molecule has 122 valence electrons. The van der Waals surface area contributed by atoms with E-state index >= 15 is 0 Å². The molecule has 0 radical (unpaired) electrons. The van der Waals surface area contributed by atoms with Crippen LogP contribution in [0.2, 0.25) is 0 Å². The third kappa shape index (κ3) is 3.51. The number of carbonyl (C=O) groups is 1. The topological polar surface area (TPSA) is 73.1 Å². The van der Waals surface area contributed by atoms with Gasteiger partial charge in [0.05, 0.1) is 11.1 Å². The highest BCUT2D eigenvalue weighted by molar-refractivity contribution is 5.94. The van der Waals surface area contributed by atoms with Gasteiger partial charge in [-0.2, -0.15) is 5.26 Å². The maximum atomic E-state index is 12.6. The van der Waals surface area contributed by atoms with Crippen molar-refractivity contribution >= 4 is 11.7 Å². The van der Waals surface area contributed by atoms with Crippen LogP contribution in [0.3, 0.4) is 0 Å². The van der Waals surface area contributed by atoms with Crippen molar-refractivity contribution in [3.63, 3.8) is 0 Å². The Morgan fingerprint density at radius 2 is 2.04 bits per heavy atom. The molecule has 0 spiro atoms. The summed E-state index contributed by atoms with van der Waals surface area (Å²) in [6.07, 6.45) is 5.84. The smallest absolute Gasteiger partial charge is 0.255 e. The summed E-state index contributed by atoms with van der Waals surface area (Å²) in [5.74, 6) is 0.876. The van der Waals surface area contributed by atoms with E-state index in [2.05, 4.69) is 20.9 Å². The molecule has 1 fully saturated rings. The molecule has 1 saturated heterocycles. The first-order chi connectivity index (χ1) is 11.7. The lowest BCUT2D eigenvalue weighted by atomic mass is 10.2. The van der Waals surface area contributed by atoms with Gasteiger partial charge in [-0.3, -0.25) is 9.78 Å². The van der Waals surface area contributed by atoms with Crippen molar-refractivity contribution in [2.45, 2.75) is 13.3 Å². The molecule has 0 aliphatic carbocycles. The predicted octanol–water partition coefficient (Wildman–Crippen LogP) is 2.01. The van der Waals surface area contributed by atoms with Gasteiger partial charge in [-0.25, -0.2) is 4.98 Å². The minimum absolute atomic E-state index is 0.0286. The molecule has 3 heterocycles. The summed E-state index contributed by atoms with van der Waals surface area (Å²) in [6.45, 7) is 4.87. The zero-order valence-corrected chi connectivity index (χ0v) is 13.6. The van der Waals surface area contributed by atoms with E-state index in [1.807, 2.05) is 24.0 Å². The number of nitriles is 1. The number of hydrogen-bond donors (Lipinski definition) is 0. The van der Waals surface area contributed by atoms with Gasteiger partial charge in [-0.15, -0.1) is 0 Å². The van der Waals surface area contributed by atoms with Crippen LogP contribution in [0.1, 0.15) is 27.9 Å². The molecule has 0 unspecified atom stereocenters. The Morgan fingerprint density at radius 3 is 2.75 bits per heavy atom. The minimum Gasteiger partial charge on any atom is -0.355 e. The molecule has 6 nitrogen and oxygen atoms in total. The molecule has 3 rings (SSSR count). The highest BCUT2D eigenvalue weighted by Crippen LogP contribution is 2.15. The lowest BCUT2D eigenvalue weighted by Crippen LogP contribution is -2.35. The summed E-state index contributed by atoms with van der Waals surface area (Å²) in [6, 6.07) is 7.58. The molecule has 2 aromatic heterocycles. The number of hydrogen-bond acceptors (Lipinski definition) is 5. The van der Waals surface area contributed by atoms with Crippen LogP contribution in [0.25, 0.3) is 0 Å². The van der Waals surface area contributed by atoms with Crippen LogP contribution in [0.4, 0.5) is 5.82 Å². The Bertz CT molecular complexity index is 766. The van der Waals surface area contributed by atoms with E-state index in [-0.39, 0.29) is 5.91 Å². The fourth-order valence-electron chi connectivity index (χ4n) is 2.84. The molecule has 0 atom stereocenters. The van der Waals surface area contributed by atoms with E-state index in [4.69, 9.17) is 5.26 Å². The molecular formula is C18H19N5O. The maximum Gasteiger partial charge on any atom is 0.255 e. The Kier molecular flexibility index (Phi) is 4.71. The van der Waals surface area contributed by atoms with E-state index in [1.165, 1.54) is 0 Å². The number of aromatic nitrogens is 2. The van der Waals surface area contributed by atoms with Crippen LogP contribution < -0.4 is 4.90 Å². The summed E-state index contributed by atoms with van der Waals surface area (Å²) in [5.41, 5.74) is 2.18. The van der Waals surface area contributed by atoms with Gasteiger partial charge < -0.3 is 9.80 Å². The van der Waals surface area contributed by atoms with Gasteiger partial charge in [0, 0.05) is 44.8 Å². The van der Waals surface area contributed by atoms with Crippen LogP contribution >= 0.6 is 0 Å². The average molecular weight is 321 g/mol. The number of nitrogens with zero attached hydrogens (tertiary/aromatic N) is 5. The van der Waals surface area contributed by atoms with Gasteiger partial charge in [0.2, 0.25) is 0 Å². The van der Waals surface area contributed by atoms with E-state index < -0.39 is 0 Å². The van der Waals surface area contributed by atoms with E-state index in [0.717, 1.165) is 37.4 Å². The molecule has 0 saturated carbocycles. The normalized spacial score (nSPS) is 14.8. The molecule has 1 aliphatic rings. The SMILES string of the molecule is Cc1cncc(C(=O)N2CCCN(c3ccc(C#N)cn3)CC2)c1. The summed E-state index contributed by atoms with van der Waals surface area (Å²) >= 11 is 0. The minimum atomic E-state index is 0.0286. The third-order valence-electron chi connectivity index (χ3n) is 4.11. The van der Waals surface area contributed by atoms with Crippen LogP contribution in [-0.2, 0) is 0 Å². The second kappa shape index (κ2) is 7.09. The first kappa shape index (κ1) is 15.9. The monoisotopic (exact) mass is 321 g/mol. The Hall–Kier alpha value is -2.94. The number of pyridine rings is 2. The van der Waals surface area contributed by atoms with Crippen molar-refractivity contribution in [2.24, 2.45) is 0 Å². The fourth-order valence-corrected chi connectivity index (χ4v) is 2.84. The molecule has 6 heteroatoms. The molecule has 0 aromatic carbocycles. The van der Waals surface area contributed by atoms with Crippen LogP contribution in [-0.4, -0.2) is 47.0 Å². The maximum absolute atomic E-state index is 12.6. The lowest BCUT2D eigenvalue weighted by molar-refractivity contribution is 0.0766. The summed E-state index contributed by atoms with van der Waals surface area (Å²) in [7, 11) is 0.